The molecule has 1 aliphatic rings. The Kier molecular flexibility index (Phi) is 5.46. The predicted molar refractivity (Wildman–Crippen MR) is 115 cm³/mol. The van der Waals surface area contributed by atoms with Crippen LogP contribution in [0, 0.1) is 6.92 Å². The first-order chi connectivity index (χ1) is 14.5. The number of aliphatic imine (C=N–C) groups is 1. The summed E-state index contributed by atoms with van der Waals surface area (Å²) in [7, 11) is 0. The molecule has 0 atom stereocenters. The van der Waals surface area contributed by atoms with Gasteiger partial charge in [-0.05, 0) is 60.5 Å². The fourth-order valence-corrected chi connectivity index (χ4v) is 3.09. The molecule has 0 spiro atoms. The number of nitrogens with zero attached hydrogens (tertiary/aromatic N) is 1. The molecule has 148 valence electrons. The van der Waals surface area contributed by atoms with Gasteiger partial charge in [0.15, 0.2) is 5.76 Å². The van der Waals surface area contributed by atoms with Crippen molar-refractivity contribution in [2.75, 3.05) is 0 Å². The molecule has 3 aromatic rings. The summed E-state index contributed by atoms with van der Waals surface area (Å²) in [5, 5.41) is 0.527. The average molecular weight is 418 g/mol. The standard InChI is InChI=1S/C24H16ClNO4/c1-15-5-2-3-8-20(15)24(28)29-19-11-9-16(10-12-19)13-21-22(27)26-23(30-21)17-6-4-7-18(25)14-17/h2-14H,1H3/b21-13+. The first-order valence-corrected chi connectivity index (χ1v) is 9.54. The van der Waals surface area contributed by atoms with Crippen LogP contribution in [-0.2, 0) is 9.53 Å². The van der Waals surface area contributed by atoms with E-state index in [-0.39, 0.29) is 11.7 Å². The van der Waals surface area contributed by atoms with E-state index in [0.717, 1.165) is 5.56 Å². The molecule has 0 saturated carbocycles. The van der Waals surface area contributed by atoms with Crippen molar-refractivity contribution < 1.29 is 19.1 Å². The third kappa shape index (κ3) is 4.31. The number of amides is 1. The number of ether oxygens (including phenoxy) is 2. The minimum Gasteiger partial charge on any atom is -0.432 e. The van der Waals surface area contributed by atoms with Gasteiger partial charge < -0.3 is 9.47 Å². The van der Waals surface area contributed by atoms with Crippen LogP contribution < -0.4 is 4.74 Å². The van der Waals surface area contributed by atoms with E-state index in [1.54, 1.807) is 66.7 Å². The molecule has 0 radical (unpaired) electrons. The Morgan fingerprint density at radius 3 is 2.53 bits per heavy atom. The van der Waals surface area contributed by atoms with Crippen LogP contribution in [0.4, 0.5) is 0 Å². The highest BCUT2D eigenvalue weighted by Gasteiger charge is 2.24. The van der Waals surface area contributed by atoms with Crippen molar-refractivity contribution in [2.45, 2.75) is 6.92 Å². The molecule has 0 aromatic heterocycles. The minimum atomic E-state index is -0.472. The zero-order valence-corrected chi connectivity index (χ0v) is 16.7. The molecule has 30 heavy (non-hydrogen) atoms. The van der Waals surface area contributed by atoms with Gasteiger partial charge >= 0.3 is 11.9 Å². The van der Waals surface area contributed by atoms with E-state index < -0.39 is 11.9 Å². The molecule has 1 amide bonds. The van der Waals surface area contributed by atoms with Crippen LogP contribution in [0.2, 0.25) is 5.02 Å². The number of halogens is 1. The molecule has 0 fully saturated rings. The van der Waals surface area contributed by atoms with E-state index in [0.29, 0.717) is 27.5 Å². The van der Waals surface area contributed by atoms with Gasteiger partial charge in [-0.2, -0.15) is 4.99 Å². The van der Waals surface area contributed by atoms with Crippen molar-refractivity contribution in [1.29, 1.82) is 0 Å². The van der Waals surface area contributed by atoms with Crippen molar-refractivity contribution >= 4 is 35.5 Å². The number of rotatable bonds is 4. The van der Waals surface area contributed by atoms with Crippen molar-refractivity contribution in [2.24, 2.45) is 4.99 Å². The van der Waals surface area contributed by atoms with Gasteiger partial charge in [0, 0.05) is 10.6 Å². The van der Waals surface area contributed by atoms with Crippen molar-refractivity contribution in [3.63, 3.8) is 0 Å². The average Bonchev–Trinajstić information content (AvgIpc) is 3.10. The first kappa shape index (κ1) is 19.6. The van der Waals surface area contributed by atoms with Crippen LogP contribution in [0.25, 0.3) is 6.08 Å². The van der Waals surface area contributed by atoms with Crippen LogP contribution in [0.3, 0.4) is 0 Å². The van der Waals surface area contributed by atoms with Crippen molar-refractivity contribution in [1.82, 2.24) is 0 Å². The van der Waals surface area contributed by atoms with E-state index in [4.69, 9.17) is 21.1 Å². The van der Waals surface area contributed by atoms with Crippen LogP contribution in [0.5, 0.6) is 5.75 Å². The van der Waals surface area contributed by atoms with Crippen LogP contribution in [-0.4, -0.2) is 17.8 Å². The van der Waals surface area contributed by atoms with E-state index >= 15 is 0 Å². The Hall–Kier alpha value is -3.70. The van der Waals surface area contributed by atoms with Gasteiger partial charge in [0.25, 0.3) is 0 Å². The summed E-state index contributed by atoms with van der Waals surface area (Å²) in [5.41, 5.74) is 2.69. The predicted octanol–water partition coefficient (Wildman–Crippen LogP) is 5.21. The van der Waals surface area contributed by atoms with Gasteiger partial charge in [0.2, 0.25) is 5.90 Å². The second-order valence-corrected chi connectivity index (χ2v) is 7.05. The maximum Gasteiger partial charge on any atom is 0.343 e. The summed E-state index contributed by atoms with van der Waals surface area (Å²) in [6.45, 7) is 1.85. The third-order valence-corrected chi connectivity index (χ3v) is 4.68. The second kappa shape index (κ2) is 8.35. The molecule has 1 aliphatic heterocycles. The largest absolute Gasteiger partial charge is 0.432 e. The maximum absolute atomic E-state index is 12.3. The number of hydrogen-bond donors (Lipinski definition) is 0. The topological polar surface area (TPSA) is 65.0 Å². The highest BCUT2D eigenvalue weighted by atomic mass is 35.5. The quantitative estimate of drug-likeness (QED) is 0.332. The van der Waals surface area contributed by atoms with Gasteiger partial charge in [-0.25, -0.2) is 4.79 Å². The number of hydrogen-bond acceptors (Lipinski definition) is 4. The van der Waals surface area contributed by atoms with E-state index in [2.05, 4.69) is 4.99 Å². The highest BCUT2D eigenvalue weighted by Crippen LogP contribution is 2.22. The summed E-state index contributed by atoms with van der Waals surface area (Å²) in [6.07, 6.45) is 1.58. The van der Waals surface area contributed by atoms with Crippen LogP contribution >= 0.6 is 11.6 Å². The number of benzene rings is 3. The molecule has 5 nitrogen and oxygen atoms in total. The van der Waals surface area contributed by atoms with Gasteiger partial charge in [-0.3, -0.25) is 4.79 Å². The molecule has 0 saturated heterocycles. The lowest BCUT2D eigenvalue weighted by atomic mass is 10.1. The molecule has 0 aliphatic carbocycles. The third-order valence-electron chi connectivity index (χ3n) is 4.45. The van der Waals surface area contributed by atoms with Crippen molar-refractivity contribution in [3.8, 4) is 5.75 Å². The second-order valence-electron chi connectivity index (χ2n) is 6.62. The summed E-state index contributed by atoms with van der Waals surface area (Å²) < 4.78 is 11.0. The Morgan fingerprint density at radius 2 is 1.80 bits per heavy atom. The van der Waals surface area contributed by atoms with Gasteiger partial charge in [-0.15, -0.1) is 0 Å². The van der Waals surface area contributed by atoms with Crippen LogP contribution in [0.1, 0.15) is 27.0 Å². The normalized spacial score (nSPS) is 14.4. The van der Waals surface area contributed by atoms with Crippen LogP contribution in [0.15, 0.2) is 83.5 Å². The fraction of sp³-hybridized carbons (Fsp3) is 0.0417. The summed E-state index contributed by atoms with van der Waals surface area (Å²) in [5.74, 6) is -0.180. The van der Waals surface area contributed by atoms with Gasteiger partial charge in [0.1, 0.15) is 5.75 Å². The Balaban J connectivity index is 1.46. The summed E-state index contributed by atoms with van der Waals surface area (Å²) in [6, 6.07) is 20.9. The Morgan fingerprint density at radius 1 is 1.03 bits per heavy atom. The van der Waals surface area contributed by atoms with E-state index in [1.165, 1.54) is 0 Å². The number of carbonyl (C=O) groups is 2. The zero-order valence-electron chi connectivity index (χ0n) is 16.0. The summed E-state index contributed by atoms with van der Waals surface area (Å²) in [4.78, 5) is 28.4. The first-order valence-electron chi connectivity index (χ1n) is 9.16. The molecule has 0 bridgehead atoms. The maximum atomic E-state index is 12.3. The molecule has 3 aromatic carbocycles. The molecule has 1 heterocycles. The smallest absolute Gasteiger partial charge is 0.343 e. The Bertz CT molecular complexity index is 1200. The van der Waals surface area contributed by atoms with Gasteiger partial charge in [0.05, 0.1) is 5.56 Å². The summed E-state index contributed by atoms with van der Waals surface area (Å²) >= 11 is 5.98. The molecular weight excluding hydrogens is 402 g/mol. The fourth-order valence-electron chi connectivity index (χ4n) is 2.90. The molecular formula is C24H16ClNO4. The molecule has 0 N–H and O–H groups in total. The SMILES string of the molecule is Cc1ccccc1C(=O)Oc1ccc(/C=C2/OC(c3cccc(Cl)c3)=NC2=O)cc1. The zero-order chi connectivity index (χ0) is 21.1. The highest BCUT2D eigenvalue weighted by molar-refractivity contribution is 6.31. The van der Waals surface area contributed by atoms with Gasteiger partial charge in [-0.1, -0.05) is 48.0 Å². The minimum absolute atomic E-state index is 0.106. The van der Waals surface area contributed by atoms with E-state index in [9.17, 15) is 9.59 Å². The molecule has 0 unspecified atom stereocenters. The van der Waals surface area contributed by atoms with E-state index in [1.807, 2.05) is 19.1 Å². The number of aryl methyl sites for hydroxylation is 1. The lowest BCUT2D eigenvalue weighted by molar-refractivity contribution is -0.115. The lowest BCUT2D eigenvalue weighted by Gasteiger charge is -2.07. The lowest BCUT2D eigenvalue weighted by Crippen LogP contribution is -2.09. The van der Waals surface area contributed by atoms with Crippen molar-refractivity contribution in [3.05, 3.63) is 106 Å². The Labute approximate surface area is 178 Å². The monoisotopic (exact) mass is 417 g/mol. The molecule has 6 heteroatoms. The number of carbonyl (C=O) groups excluding carboxylic acids is 2. The molecule has 4 rings (SSSR count). The number of esters is 1.